The zero-order chi connectivity index (χ0) is 8.53. The van der Waals surface area contributed by atoms with Crippen molar-refractivity contribution in [2.75, 3.05) is 20.1 Å². The molecule has 0 aromatic rings. The Hall–Kier alpha value is -0.500. The van der Waals surface area contributed by atoms with Crippen LogP contribution in [0.5, 0.6) is 0 Å². The summed E-state index contributed by atoms with van der Waals surface area (Å²) in [6.45, 7) is 8.19. The summed E-state index contributed by atoms with van der Waals surface area (Å²) in [5, 5.41) is 6.37. The van der Waals surface area contributed by atoms with Gasteiger partial charge in [-0.15, -0.1) is 0 Å². The van der Waals surface area contributed by atoms with Crippen LogP contribution in [0.25, 0.3) is 0 Å². The second-order valence-corrected chi connectivity index (χ2v) is 2.74. The first-order valence-corrected chi connectivity index (χ1v) is 4.37. The van der Waals surface area contributed by atoms with Gasteiger partial charge in [-0.25, -0.2) is 0 Å². The molecule has 0 fully saturated rings. The molecule has 0 amide bonds. The zero-order valence-corrected chi connectivity index (χ0v) is 7.74. The van der Waals surface area contributed by atoms with Crippen LogP contribution >= 0.6 is 0 Å². The predicted octanol–water partition coefficient (Wildman–Crippen LogP) is 1.50. The van der Waals surface area contributed by atoms with Crippen LogP contribution in [0.3, 0.4) is 0 Å². The molecule has 0 aliphatic rings. The Labute approximate surface area is 70.1 Å². The SMILES string of the molecule is C=C(CCNC)NCCCC. The van der Waals surface area contributed by atoms with Gasteiger partial charge in [-0.2, -0.15) is 0 Å². The van der Waals surface area contributed by atoms with Crippen LogP contribution in [0.15, 0.2) is 12.3 Å². The van der Waals surface area contributed by atoms with Gasteiger partial charge in [-0.1, -0.05) is 19.9 Å². The molecule has 2 N–H and O–H groups in total. The topological polar surface area (TPSA) is 24.1 Å². The average molecular weight is 156 g/mol. The molecule has 0 bridgehead atoms. The summed E-state index contributed by atoms with van der Waals surface area (Å²) in [6.07, 6.45) is 3.51. The third kappa shape index (κ3) is 7.40. The Balaban J connectivity index is 3.09. The van der Waals surface area contributed by atoms with Crippen LogP contribution in [0.2, 0.25) is 0 Å². The van der Waals surface area contributed by atoms with Crippen LogP contribution in [0.1, 0.15) is 26.2 Å². The highest BCUT2D eigenvalue weighted by Gasteiger charge is 1.90. The van der Waals surface area contributed by atoms with E-state index in [0.29, 0.717) is 0 Å². The molecule has 2 heteroatoms. The molecule has 0 aliphatic heterocycles. The second kappa shape index (κ2) is 7.61. The van der Waals surface area contributed by atoms with Gasteiger partial charge in [0.1, 0.15) is 0 Å². The Bertz CT molecular complexity index is 99.7. The predicted molar refractivity (Wildman–Crippen MR) is 50.6 cm³/mol. The first-order chi connectivity index (χ1) is 5.31. The van der Waals surface area contributed by atoms with E-state index in [1.807, 2.05) is 7.05 Å². The van der Waals surface area contributed by atoms with Crippen LogP contribution in [0.4, 0.5) is 0 Å². The number of unbranched alkanes of at least 4 members (excludes halogenated alkanes) is 1. The maximum absolute atomic E-state index is 3.91. The van der Waals surface area contributed by atoms with Crippen molar-refractivity contribution < 1.29 is 0 Å². The third-order valence-corrected chi connectivity index (χ3v) is 1.58. The van der Waals surface area contributed by atoms with Gasteiger partial charge in [0.25, 0.3) is 0 Å². The van der Waals surface area contributed by atoms with Gasteiger partial charge in [0.2, 0.25) is 0 Å². The first-order valence-electron chi connectivity index (χ1n) is 4.37. The highest BCUT2D eigenvalue weighted by atomic mass is 14.9. The average Bonchev–Trinajstić information content (AvgIpc) is 2.01. The van der Waals surface area contributed by atoms with Crippen molar-refractivity contribution in [1.82, 2.24) is 10.6 Å². The number of hydrogen-bond donors (Lipinski definition) is 2. The van der Waals surface area contributed by atoms with Crippen molar-refractivity contribution in [2.24, 2.45) is 0 Å². The molecule has 11 heavy (non-hydrogen) atoms. The van der Waals surface area contributed by atoms with E-state index in [4.69, 9.17) is 0 Å². The number of hydrogen-bond acceptors (Lipinski definition) is 2. The monoisotopic (exact) mass is 156 g/mol. The molecule has 0 heterocycles. The smallest absolute Gasteiger partial charge is 0.0143 e. The Morgan fingerprint density at radius 3 is 2.64 bits per heavy atom. The fraction of sp³-hybridized carbons (Fsp3) is 0.778. The van der Waals surface area contributed by atoms with Crippen molar-refractivity contribution in [3.8, 4) is 0 Å². The molecule has 0 atom stereocenters. The fourth-order valence-corrected chi connectivity index (χ4v) is 0.806. The van der Waals surface area contributed by atoms with E-state index in [2.05, 4.69) is 24.1 Å². The standard InChI is InChI=1S/C9H20N2/c1-4-5-7-11-9(2)6-8-10-3/h10-11H,2,4-8H2,1,3H3. The summed E-state index contributed by atoms with van der Waals surface area (Å²) in [5.41, 5.74) is 1.15. The highest BCUT2D eigenvalue weighted by Crippen LogP contribution is 1.91. The Morgan fingerprint density at radius 2 is 2.09 bits per heavy atom. The van der Waals surface area contributed by atoms with Gasteiger partial charge in [-0.3, -0.25) is 0 Å². The first kappa shape index (κ1) is 10.5. The van der Waals surface area contributed by atoms with Crippen LogP contribution < -0.4 is 10.6 Å². The normalized spacial score (nSPS) is 9.64. The van der Waals surface area contributed by atoms with Crippen molar-refractivity contribution >= 4 is 0 Å². The molecule has 0 rings (SSSR count). The minimum Gasteiger partial charge on any atom is -0.389 e. The van der Waals surface area contributed by atoms with Gasteiger partial charge in [0.15, 0.2) is 0 Å². The lowest BCUT2D eigenvalue weighted by atomic mass is 10.3. The van der Waals surface area contributed by atoms with E-state index in [1.54, 1.807) is 0 Å². The van der Waals surface area contributed by atoms with Crippen molar-refractivity contribution in [3.05, 3.63) is 12.3 Å². The summed E-state index contributed by atoms with van der Waals surface area (Å²) in [5.74, 6) is 0. The van der Waals surface area contributed by atoms with Gasteiger partial charge in [0, 0.05) is 18.8 Å². The molecule has 0 aromatic heterocycles. The zero-order valence-electron chi connectivity index (χ0n) is 7.74. The molecular formula is C9H20N2. The second-order valence-electron chi connectivity index (χ2n) is 2.74. The summed E-state index contributed by atoms with van der Waals surface area (Å²) < 4.78 is 0. The minimum absolute atomic E-state index is 1.01. The van der Waals surface area contributed by atoms with Gasteiger partial charge in [-0.05, 0) is 19.9 Å². The molecule has 0 aliphatic carbocycles. The van der Waals surface area contributed by atoms with Crippen LogP contribution in [-0.4, -0.2) is 20.1 Å². The lowest BCUT2D eigenvalue weighted by Crippen LogP contribution is -2.18. The lowest BCUT2D eigenvalue weighted by Gasteiger charge is -2.07. The highest BCUT2D eigenvalue weighted by molar-refractivity contribution is 4.90. The van der Waals surface area contributed by atoms with Crippen LogP contribution in [0, 0.1) is 0 Å². The van der Waals surface area contributed by atoms with E-state index in [1.165, 1.54) is 12.8 Å². The maximum Gasteiger partial charge on any atom is 0.0143 e. The molecule has 0 unspecified atom stereocenters. The fourth-order valence-electron chi connectivity index (χ4n) is 0.806. The summed E-state index contributed by atoms with van der Waals surface area (Å²) in [7, 11) is 1.96. The maximum atomic E-state index is 3.91. The van der Waals surface area contributed by atoms with Gasteiger partial charge in [0.05, 0.1) is 0 Å². The minimum atomic E-state index is 1.01. The molecule has 2 nitrogen and oxygen atoms in total. The van der Waals surface area contributed by atoms with Crippen molar-refractivity contribution in [2.45, 2.75) is 26.2 Å². The number of rotatable bonds is 7. The van der Waals surface area contributed by atoms with E-state index in [0.717, 1.165) is 25.2 Å². The number of nitrogens with one attached hydrogen (secondary N) is 2. The molecule has 66 valence electrons. The van der Waals surface area contributed by atoms with E-state index >= 15 is 0 Å². The van der Waals surface area contributed by atoms with E-state index in [9.17, 15) is 0 Å². The third-order valence-electron chi connectivity index (χ3n) is 1.58. The Morgan fingerprint density at radius 1 is 1.36 bits per heavy atom. The van der Waals surface area contributed by atoms with E-state index in [-0.39, 0.29) is 0 Å². The molecule has 0 aromatic carbocycles. The summed E-state index contributed by atoms with van der Waals surface area (Å²) in [6, 6.07) is 0. The molecule has 0 spiro atoms. The molecular weight excluding hydrogens is 136 g/mol. The van der Waals surface area contributed by atoms with Crippen molar-refractivity contribution in [1.29, 1.82) is 0 Å². The Kier molecular flexibility index (Phi) is 7.26. The quantitative estimate of drug-likeness (QED) is 0.546. The van der Waals surface area contributed by atoms with Gasteiger partial charge < -0.3 is 10.6 Å². The molecule has 0 saturated heterocycles. The summed E-state index contributed by atoms with van der Waals surface area (Å²) in [4.78, 5) is 0. The van der Waals surface area contributed by atoms with Gasteiger partial charge >= 0.3 is 0 Å². The van der Waals surface area contributed by atoms with E-state index < -0.39 is 0 Å². The largest absolute Gasteiger partial charge is 0.389 e. The van der Waals surface area contributed by atoms with Crippen molar-refractivity contribution in [3.63, 3.8) is 0 Å². The molecule has 0 saturated carbocycles. The lowest BCUT2D eigenvalue weighted by molar-refractivity contribution is 0.670. The molecule has 0 radical (unpaired) electrons. The van der Waals surface area contributed by atoms with Crippen LogP contribution in [-0.2, 0) is 0 Å². The summed E-state index contributed by atoms with van der Waals surface area (Å²) >= 11 is 0.